The normalized spacial score (nSPS) is 15.1. The fourth-order valence-electron chi connectivity index (χ4n) is 1.60. The molecule has 2 amide bonds. The molecule has 0 unspecified atom stereocenters. The Bertz CT molecular complexity index is 430. The van der Waals surface area contributed by atoms with Gasteiger partial charge in [-0.1, -0.05) is 0 Å². The summed E-state index contributed by atoms with van der Waals surface area (Å²) in [6.07, 6.45) is 0. The molecule has 1 saturated heterocycles. The number of nitrogens with zero attached hydrogens (tertiary/aromatic N) is 2. The lowest BCUT2D eigenvalue weighted by Gasteiger charge is -2.26. The summed E-state index contributed by atoms with van der Waals surface area (Å²) in [5, 5.41) is 11.4. The van der Waals surface area contributed by atoms with E-state index in [1.54, 1.807) is 29.2 Å². The molecule has 2 rings (SSSR count). The van der Waals surface area contributed by atoms with Gasteiger partial charge >= 0.3 is 6.03 Å². The van der Waals surface area contributed by atoms with Crippen LogP contribution in [0.1, 0.15) is 5.56 Å². The van der Waals surface area contributed by atoms with Gasteiger partial charge in [-0.15, -0.1) is 0 Å². The average Bonchev–Trinajstić information content (AvgIpc) is 2.40. The van der Waals surface area contributed by atoms with Gasteiger partial charge in [-0.25, -0.2) is 4.79 Å². The highest BCUT2D eigenvalue weighted by molar-refractivity contribution is 5.89. The van der Waals surface area contributed by atoms with Crippen molar-refractivity contribution in [3.63, 3.8) is 0 Å². The quantitative estimate of drug-likeness (QED) is 0.795. The smallest absolute Gasteiger partial charge is 0.321 e. The van der Waals surface area contributed by atoms with Crippen LogP contribution in [0.2, 0.25) is 0 Å². The minimum absolute atomic E-state index is 0.127. The Hall–Kier alpha value is -2.06. The maximum Gasteiger partial charge on any atom is 0.321 e. The third-order valence-electron chi connectivity index (χ3n) is 2.56. The van der Waals surface area contributed by atoms with Gasteiger partial charge in [-0.3, -0.25) is 0 Å². The number of carbonyl (C=O) groups is 1. The zero-order chi connectivity index (χ0) is 12.1. The number of carbonyl (C=O) groups excluding carboxylic acids is 1. The van der Waals surface area contributed by atoms with Crippen molar-refractivity contribution in [2.24, 2.45) is 0 Å². The van der Waals surface area contributed by atoms with Crippen LogP contribution >= 0.6 is 0 Å². The first-order valence-corrected chi connectivity index (χ1v) is 5.43. The average molecular weight is 231 g/mol. The predicted molar refractivity (Wildman–Crippen MR) is 62.6 cm³/mol. The summed E-state index contributed by atoms with van der Waals surface area (Å²) in [6, 6.07) is 8.69. The van der Waals surface area contributed by atoms with Gasteiger partial charge in [0.1, 0.15) is 0 Å². The Morgan fingerprint density at radius 2 is 1.94 bits per heavy atom. The van der Waals surface area contributed by atoms with Crippen molar-refractivity contribution in [1.82, 2.24) is 4.90 Å². The number of amides is 2. The van der Waals surface area contributed by atoms with Gasteiger partial charge in [0.15, 0.2) is 0 Å². The predicted octanol–water partition coefficient (Wildman–Crippen LogP) is 1.42. The number of morpholine rings is 1. The fourth-order valence-corrected chi connectivity index (χ4v) is 1.60. The summed E-state index contributed by atoms with van der Waals surface area (Å²) < 4.78 is 5.17. The van der Waals surface area contributed by atoms with Crippen molar-refractivity contribution in [3.05, 3.63) is 29.8 Å². The van der Waals surface area contributed by atoms with Crippen molar-refractivity contribution in [3.8, 4) is 6.07 Å². The highest BCUT2D eigenvalue weighted by atomic mass is 16.5. The molecule has 0 atom stereocenters. The molecule has 0 aliphatic carbocycles. The maximum atomic E-state index is 11.8. The molecule has 1 aliphatic heterocycles. The van der Waals surface area contributed by atoms with Crippen LogP contribution in [0, 0.1) is 11.3 Å². The molecule has 1 N–H and O–H groups in total. The van der Waals surface area contributed by atoms with E-state index in [0.29, 0.717) is 37.6 Å². The van der Waals surface area contributed by atoms with E-state index in [0.717, 1.165) is 0 Å². The molecule has 1 aromatic carbocycles. The topological polar surface area (TPSA) is 65.4 Å². The van der Waals surface area contributed by atoms with Crippen LogP contribution in [0.3, 0.4) is 0 Å². The van der Waals surface area contributed by atoms with E-state index in [1.807, 2.05) is 6.07 Å². The van der Waals surface area contributed by atoms with Gasteiger partial charge in [0.05, 0.1) is 24.8 Å². The first kappa shape index (κ1) is 11.4. The van der Waals surface area contributed by atoms with Crippen LogP contribution in [-0.2, 0) is 4.74 Å². The largest absolute Gasteiger partial charge is 0.378 e. The van der Waals surface area contributed by atoms with Crippen LogP contribution in [0.4, 0.5) is 10.5 Å². The van der Waals surface area contributed by atoms with Crippen LogP contribution < -0.4 is 5.32 Å². The molecule has 1 fully saturated rings. The lowest BCUT2D eigenvalue weighted by Crippen LogP contribution is -2.43. The van der Waals surface area contributed by atoms with Crippen molar-refractivity contribution in [2.75, 3.05) is 31.6 Å². The minimum Gasteiger partial charge on any atom is -0.378 e. The van der Waals surface area contributed by atoms with Crippen molar-refractivity contribution in [2.45, 2.75) is 0 Å². The number of urea groups is 1. The molecule has 88 valence electrons. The molecule has 0 saturated carbocycles. The van der Waals surface area contributed by atoms with E-state index in [4.69, 9.17) is 10.00 Å². The molecule has 1 aliphatic rings. The zero-order valence-corrected chi connectivity index (χ0v) is 9.35. The van der Waals surface area contributed by atoms with E-state index in [9.17, 15) is 4.79 Å². The van der Waals surface area contributed by atoms with E-state index in [1.165, 1.54) is 0 Å². The van der Waals surface area contributed by atoms with Crippen molar-refractivity contribution < 1.29 is 9.53 Å². The van der Waals surface area contributed by atoms with Gasteiger partial charge in [0, 0.05) is 18.8 Å². The molecule has 5 nitrogen and oxygen atoms in total. The molecular formula is C12H13N3O2. The Balaban J connectivity index is 1.95. The van der Waals surface area contributed by atoms with E-state index >= 15 is 0 Å². The zero-order valence-electron chi connectivity index (χ0n) is 9.35. The van der Waals surface area contributed by atoms with Gasteiger partial charge in [-0.05, 0) is 24.3 Å². The number of hydrogen-bond donors (Lipinski definition) is 1. The summed E-state index contributed by atoms with van der Waals surface area (Å²) in [5.74, 6) is 0. The molecular weight excluding hydrogens is 218 g/mol. The fraction of sp³-hybridized carbons (Fsp3) is 0.333. The summed E-state index contributed by atoms with van der Waals surface area (Å²) in [5.41, 5.74) is 1.27. The van der Waals surface area contributed by atoms with Gasteiger partial charge in [-0.2, -0.15) is 5.26 Å². The second-order valence-corrected chi connectivity index (χ2v) is 3.72. The first-order chi connectivity index (χ1) is 8.29. The summed E-state index contributed by atoms with van der Waals surface area (Å²) in [7, 11) is 0. The highest BCUT2D eigenvalue weighted by Crippen LogP contribution is 2.10. The Morgan fingerprint density at radius 1 is 1.29 bits per heavy atom. The van der Waals surface area contributed by atoms with Crippen LogP contribution in [0.15, 0.2) is 24.3 Å². The number of rotatable bonds is 1. The third kappa shape index (κ3) is 2.95. The summed E-state index contributed by atoms with van der Waals surface area (Å²) in [6.45, 7) is 2.39. The van der Waals surface area contributed by atoms with Crippen LogP contribution in [-0.4, -0.2) is 37.2 Å². The summed E-state index contributed by atoms with van der Waals surface area (Å²) in [4.78, 5) is 13.5. The molecule has 0 radical (unpaired) electrons. The van der Waals surface area contributed by atoms with Gasteiger partial charge in [0.2, 0.25) is 0 Å². The minimum atomic E-state index is -0.127. The third-order valence-corrected chi connectivity index (χ3v) is 2.56. The molecule has 0 aromatic heterocycles. The molecule has 1 aromatic rings. The number of nitriles is 1. The van der Waals surface area contributed by atoms with Crippen molar-refractivity contribution in [1.29, 1.82) is 5.26 Å². The number of hydrogen-bond acceptors (Lipinski definition) is 3. The Morgan fingerprint density at radius 3 is 2.53 bits per heavy atom. The molecule has 0 spiro atoms. The lowest BCUT2D eigenvalue weighted by atomic mass is 10.2. The summed E-state index contributed by atoms with van der Waals surface area (Å²) >= 11 is 0. The standard InChI is InChI=1S/C12H13N3O2/c13-9-10-1-3-11(4-2-10)14-12(16)15-5-7-17-8-6-15/h1-4H,5-8H2,(H,14,16). The highest BCUT2D eigenvalue weighted by Gasteiger charge is 2.16. The van der Waals surface area contributed by atoms with Crippen LogP contribution in [0.5, 0.6) is 0 Å². The number of anilines is 1. The van der Waals surface area contributed by atoms with E-state index < -0.39 is 0 Å². The maximum absolute atomic E-state index is 11.8. The van der Waals surface area contributed by atoms with Crippen molar-refractivity contribution >= 4 is 11.7 Å². The number of ether oxygens (including phenoxy) is 1. The Labute approximate surface area is 99.6 Å². The van der Waals surface area contributed by atoms with Gasteiger partial charge < -0.3 is 15.0 Å². The Kier molecular flexibility index (Phi) is 3.58. The number of nitrogens with one attached hydrogen (secondary N) is 1. The van der Waals surface area contributed by atoms with E-state index in [-0.39, 0.29) is 6.03 Å². The lowest BCUT2D eigenvalue weighted by molar-refractivity contribution is 0.0564. The van der Waals surface area contributed by atoms with E-state index in [2.05, 4.69) is 5.32 Å². The monoisotopic (exact) mass is 231 g/mol. The number of benzene rings is 1. The second kappa shape index (κ2) is 5.32. The van der Waals surface area contributed by atoms with Crippen LogP contribution in [0.25, 0.3) is 0 Å². The molecule has 5 heteroatoms. The first-order valence-electron chi connectivity index (χ1n) is 5.43. The molecule has 0 bridgehead atoms. The van der Waals surface area contributed by atoms with Gasteiger partial charge in [0.25, 0.3) is 0 Å². The molecule has 17 heavy (non-hydrogen) atoms. The SMILES string of the molecule is N#Cc1ccc(NC(=O)N2CCOCC2)cc1. The molecule has 1 heterocycles. The second-order valence-electron chi connectivity index (χ2n) is 3.72.